The molecule has 122 valence electrons. The molecular weight excluding hydrogens is 294 g/mol. The van der Waals surface area contributed by atoms with E-state index in [-0.39, 0.29) is 12.3 Å². The summed E-state index contributed by atoms with van der Waals surface area (Å²) in [6.45, 7) is 6.95. The summed E-state index contributed by atoms with van der Waals surface area (Å²) in [5.74, 6) is 0. The van der Waals surface area contributed by atoms with Gasteiger partial charge in [0.05, 0.1) is 24.7 Å². The van der Waals surface area contributed by atoms with Crippen molar-refractivity contribution in [3.05, 3.63) is 30.5 Å². The van der Waals surface area contributed by atoms with E-state index in [2.05, 4.69) is 34.9 Å². The molecule has 1 aromatic heterocycles. The Kier molecular flexibility index (Phi) is 3.61. The van der Waals surface area contributed by atoms with Crippen LogP contribution in [0.1, 0.15) is 6.92 Å². The van der Waals surface area contributed by atoms with Crippen LogP contribution in [-0.2, 0) is 4.74 Å². The number of furan rings is 1. The molecule has 2 aliphatic rings. The summed E-state index contributed by atoms with van der Waals surface area (Å²) in [7, 11) is 0. The molecule has 1 unspecified atom stereocenters. The number of hydrogen-bond donors (Lipinski definition) is 0. The third kappa shape index (κ3) is 2.53. The van der Waals surface area contributed by atoms with Gasteiger partial charge in [-0.15, -0.1) is 0 Å². The monoisotopic (exact) mass is 315 g/mol. The Morgan fingerprint density at radius 1 is 1.09 bits per heavy atom. The lowest BCUT2D eigenvalue weighted by Crippen LogP contribution is -2.55. The molecular formula is C17H21N3O3. The molecule has 6 heteroatoms. The van der Waals surface area contributed by atoms with Crippen LogP contribution in [0.15, 0.2) is 34.9 Å². The van der Waals surface area contributed by atoms with Gasteiger partial charge in [0.25, 0.3) is 0 Å². The number of nitrogens with zero attached hydrogens (tertiary/aromatic N) is 3. The highest BCUT2D eigenvalue weighted by Gasteiger charge is 2.32. The fourth-order valence-electron chi connectivity index (χ4n) is 3.50. The van der Waals surface area contributed by atoms with Gasteiger partial charge < -0.3 is 14.1 Å². The summed E-state index contributed by atoms with van der Waals surface area (Å²) >= 11 is 0. The first-order valence-corrected chi connectivity index (χ1v) is 8.12. The van der Waals surface area contributed by atoms with Crippen molar-refractivity contribution < 1.29 is 13.9 Å². The van der Waals surface area contributed by atoms with E-state index in [0.717, 1.165) is 42.8 Å². The summed E-state index contributed by atoms with van der Waals surface area (Å²) in [6.07, 6.45) is 1.64. The molecule has 0 N–H and O–H groups in total. The zero-order valence-corrected chi connectivity index (χ0v) is 13.3. The van der Waals surface area contributed by atoms with Gasteiger partial charge in [0.15, 0.2) is 5.58 Å². The second-order valence-corrected chi connectivity index (χ2v) is 6.08. The van der Waals surface area contributed by atoms with Crippen molar-refractivity contribution in [3.63, 3.8) is 0 Å². The van der Waals surface area contributed by atoms with Gasteiger partial charge in [-0.05, 0) is 19.1 Å². The van der Waals surface area contributed by atoms with Crippen LogP contribution in [0.5, 0.6) is 0 Å². The van der Waals surface area contributed by atoms with Crippen LogP contribution in [-0.4, -0.2) is 61.4 Å². The number of cyclic esters (lactones) is 1. The van der Waals surface area contributed by atoms with E-state index in [1.54, 1.807) is 6.26 Å². The highest BCUT2D eigenvalue weighted by molar-refractivity contribution is 5.89. The normalized spacial score (nSPS) is 21.0. The van der Waals surface area contributed by atoms with Crippen LogP contribution in [0.25, 0.3) is 11.0 Å². The fourth-order valence-corrected chi connectivity index (χ4v) is 3.50. The highest BCUT2D eigenvalue weighted by Crippen LogP contribution is 2.28. The van der Waals surface area contributed by atoms with E-state index < -0.39 is 0 Å². The number of piperazine rings is 1. The van der Waals surface area contributed by atoms with Crippen molar-refractivity contribution in [3.8, 4) is 0 Å². The summed E-state index contributed by atoms with van der Waals surface area (Å²) in [5, 5.41) is 1.14. The Balaban J connectivity index is 1.45. The summed E-state index contributed by atoms with van der Waals surface area (Å²) in [5.41, 5.74) is 2.11. The van der Waals surface area contributed by atoms with Gasteiger partial charge >= 0.3 is 6.09 Å². The predicted molar refractivity (Wildman–Crippen MR) is 87.5 cm³/mol. The number of rotatable bonds is 3. The van der Waals surface area contributed by atoms with E-state index in [1.165, 1.54) is 0 Å². The molecule has 6 nitrogen and oxygen atoms in total. The van der Waals surface area contributed by atoms with Crippen molar-refractivity contribution in [2.75, 3.05) is 44.2 Å². The lowest BCUT2D eigenvalue weighted by Gasteiger charge is -2.41. The highest BCUT2D eigenvalue weighted by atomic mass is 16.6. The second-order valence-electron chi connectivity index (χ2n) is 6.08. The fraction of sp³-hybridized carbons (Fsp3) is 0.471. The van der Waals surface area contributed by atoms with E-state index in [9.17, 15) is 4.79 Å². The first-order valence-electron chi connectivity index (χ1n) is 8.12. The van der Waals surface area contributed by atoms with Gasteiger partial charge in [-0.2, -0.15) is 0 Å². The third-order valence-corrected chi connectivity index (χ3v) is 4.88. The van der Waals surface area contributed by atoms with Gasteiger partial charge in [-0.25, -0.2) is 4.79 Å². The van der Waals surface area contributed by atoms with E-state index in [1.807, 2.05) is 11.0 Å². The molecule has 1 amide bonds. The Labute approximate surface area is 135 Å². The smallest absolute Gasteiger partial charge is 0.411 e. The first-order chi connectivity index (χ1) is 11.2. The van der Waals surface area contributed by atoms with Gasteiger partial charge in [-0.3, -0.25) is 9.80 Å². The largest absolute Gasteiger partial charge is 0.462 e. The first kappa shape index (κ1) is 14.4. The van der Waals surface area contributed by atoms with E-state index in [0.29, 0.717) is 13.2 Å². The zero-order valence-electron chi connectivity index (χ0n) is 13.3. The predicted octanol–water partition coefficient (Wildman–Crippen LogP) is 2.35. The lowest BCUT2D eigenvalue weighted by atomic mass is 10.2. The molecule has 23 heavy (non-hydrogen) atoms. The summed E-state index contributed by atoms with van der Waals surface area (Å²) < 4.78 is 10.7. The lowest BCUT2D eigenvalue weighted by molar-refractivity contribution is 0.0765. The summed E-state index contributed by atoms with van der Waals surface area (Å²) in [4.78, 5) is 18.2. The molecule has 3 heterocycles. The number of benzene rings is 1. The van der Waals surface area contributed by atoms with Crippen LogP contribution in [0.3, 0.4) is 0 Å². The van der Waals surface area contributed by atoms with Gasteiger partial charge in [0, 0.05) is 31.6 Å². The quantitative estimate of drug-likeness (QED) is 0.870. The van der Waals surface area contributed by atoms with Gasteiger partial charge in [0.1, 0.15) is 6.61 Å². The molecule has 1 aromatic carbocycles. The standard InChI is InChI=1S/C17H21N3O3/c1-13(20-10-12-23-17(20)21)18-6-8-19(9-7-18)15-4-2-3-14-5-11-22-16(14)15/h2-5,11,13H,6-10,12H2,1H3. The number of anilines is 1. The van der Waals surface area contributed by atoms with E-state index in [4.69, 9.17) is 9.15 Å². The Bertz CT molecular complexity index is 706. The number of para-hydroxylation sites is 1. The average Bonchev–Trinajstić information content (AvgIpc) is 3.22. The molecule has 2 fully saturated rings. The van der Waals surface area contributed by atoms with E-state index >= 15 is 0 Å². The maximum Gasteiger partial charge on any atom is 0.411 e. The Morgan fingerprint density at radius 3 is 2.65 bits per heavy atom. The van der Waals surface area contributed by atoms with Crippen LogP contribution in [0.4, 0.5) is 10.5 Å². The Hall–Kier alpha value is -2.21. The number of carbonyl (C=O) groups is 1. The molecule has 0 aliphatic carbocycles. The molecule has 2 aliphatic heterocycles. The molecule has 4 rings (SSSR count). The summed E-state index contributed by atoms with van der Waals surface area (Å²) in [6, 6.07) is 8.25. The minimum Gasteiger partial charge on any atom is -0.462 e. The van der Waals surface area contributed by atoms with Crippen LogP contribution in [0, 0.1) is 0 Å². The van der Waals surface area contributed by atoms with Crippen molar-refractivity contribution in [2.45, 2.75) is 13.1 Å². The molecule has 0 spiro atoms. The zero-order chi connectivity index (χ0) is 15.8. The third-order valence-electron chi connectivity index (χ3n) is 4.88. The Morgan fingerprint density at radius 2 is 1.91 bits per heavy atom. The van der Waals surface area contributed by atoms with Crippen molar-refractivity contribution in [1.82, 2.24) is 9.80 Å². The average molecular weight is 315 g/mol. The molecule has 0 bridgehead atoms. The van der Waals surface area contributed by atoms with Gasteiger partial charge in [-0.1, -0.05) is 12.1 Å². The number of ether oxygens (including phenoxy) is 1. The maximum atomic E-state index is 11.7. The number of amides is 1. The van der Waals surface area contributed by atoms with Crippen molar-refractivity contribution in [2.24, 2.45) is 0 Å². The minimum atomic E-state index is -0.194. The molecule has 1 atom stereocenters. The molecule has 2 saturated heterocycles. The van der Waals surface area contributed by atoms with Crippen LogP contribution in [0.2, 0.25) is 0 Å². The van der Waals surface area contributed by atoms with Crippen molar-refractivity contribution in [1.29, 1.82) is 0 Å². The topological polar surface area (TPSA) is 49.2 Å². The van der Waals surface area contributed by atoms with Crippen LogP contribution >= 0.6 is 0 Å². The van der Waals surface area contributed by atoms with Crippen LogP contribution < -0.4 is 4.90 Å². The molecule has 0 saturated carbocycles. The molecule has 2 aromatic rings. The number of carbonyl (C=O) groups excluding carboxylic acids is 1. The van der Waals surface area contributed by atoms with Gasteiger partial charge in [0.2, 0.25) is 0 Å². The molecule has 0 radical (unpaired) electrons. The van der Waals surface area contributed by atoms with Crippen molar-refractivity contribution >= 4 is 22.7 Å². The second kappa shape index (κ2) is 5.77. The SMILES string of the molecule is CC(N1CCN(c2cccc3ccoc23)CC1)N1CCOC1=O. The number of hydrogen-bond acceptors (Lipinski definition) is 5. The maximum absolute atomic E-state index is 11.7. The number of fused-ring (bicyclic) bond motifs is 1. The minimum absolute atomic E-state index is 0.0894.